The first-order valence-corrected chi connectivity index (χ1v) is 10.1. The molecule has 2 atom stereocenters. The summed E-state index contributed by atoms with van der Waals surface area (Å²) in [5.74, 6) is 2.54. The molecular formula is C20H26ClN5S. The van der Waals surface area contributed by atoms with Gasteiger partial charge in [0, 0.05) is 25.7 Å². The zero-order chi connectivity index (χ0) is 19.4. The Bertz CT molecular complexity index is 785. The molecule has 0 radical (unpaired) electrons. The van der Waals surface area contributed by atoms with Crippen LogP contribution in [-0.2, 0) is 6.54 Å². The van der Waals surface area contributed by atoms with Crippen molar-refractivity contribution >= 4 is 40.7 Å². The Kier molecular flexibility index (Phi) is 6.50. The molecule has 0 amide bonds. The second-order valence-corrected chi connectivity index (χ2v) is 8.31. The Morgan fingerprint density at radius 1 is 1.19 bits per heavy atom. The maximum atomic E-state index is 6.23. The summed E-state index contributed by atoms with van der Waals surface area (Å²) >= 11 is 11.6. The number of benzene rings is 1. The van der Waals surface area contributed by atoms with Crippen LogP contribution in [0.1, 0.15) is 31.4 Å². The normalized spacial score (nSPS) is 19.6. The van der Waals surface area contributed by atoms with Gasteiger partial charge in [0.05, 0.1) is 0 Å². The number of hydrogen-bond donors (Lipinski definition) is 2. The van der Waals surface area contributed by atoms with Gasteiger partial charge in [0.25, 0.3) is 0 Å². The van der Waals surface area contributed by atoms with E-state index in [0.29, 0.717) is 34.6 Å². The van der Waals surface area contributed by atoms with Crippen molar-refractivity contribution in [2.75, 3.05) is 23.3 Å². The topological polar surface area (TPSA) is 53.1 Å². The molecule has 0 unspecified atom stereocenters. The first-order chi connectivity index (χ1) is 12.9. The molecule has 0 spiro atoms. The van der Waals surface area contributed by atoms with Crippen molar-refractivity contribution < 1.29 is 0 Å². The van der Waals surface area contributed by atoms with Crippen LogP contribution in [0.5, 0.6) is 0 Å². The number of anilines is 2. The first kappa shape index (κ1) is 19.8. The Labute approximate surface area is 171 Å². The minimum absolute atomic E-state index is 0.412. The number of piperidine rings is 1. The van der Waals surface area contributed by atoms with E-state index in [1.807, 2.05) is 6.07 Å². The van der Waals surface area contributed by atoms with Gasteiger partial charge < -0.3 is 15.5 Å². The molecule has 0 bridgehead atoms. The van der Waals surface area contributed by atoms with Crippen LogP contribution >= 0.6 is 23.8 Å². The van der Waals surface area contributed by atoms with Crippen LogP contribution in [0.4, 0.5) is 11.8 Å². The molecule has 0 aliphatic carbocycles. The first-order valence-electron chi connectivity index (χ1n) is 9.29. The second-order valence-electron chi connectivity index (χ2n) is 7.52. The molecule has 144 valence electrons. The Balaban J connectivity index is 1.63. The lowest BCUT2D eigenvalue weighted by atomic mass is 9.92. The lowest BCUT2D eigenvalue weighted by molar-refractivity contribution is 0.355. The second kappa shape index (κ2) is 8.85. The van der Waals surface area contributed by atoms with Gasteiger partial charge in [0.2, 0.25) is 5.95 Å². The van der Waals surface area contributed by atoms with Crippen LogP contribution in [0.2, 0.25) is 5.15 Å². The van der Waals surface area contributed by atoms with Gasteiger partial charge in [-0.25, -0.2) is 4.98 Å². The van der Waals surface area contributed by atoms with Crippen molar-refractivity contribution in [1.29, 1.82) is 0 Å². The van der Waals surface area contributed by atoms with Gasteiger partial charge in [0.1, 0.15) is 11.0 Å². The summed E-state index contributed by atoms with van der Waals surface area (Å²) in [5.41, 5.74) is 2.40. The van der Waals surface area contributed by atoms with Crippen molar-refractivity contribution in [2.45, 2.75) is 33.7 Å². The molecule has 2 heterocycles. The molecule has 3 rings (SSSR count). The average Bonchev–Trinajstić information content (AvgIpc) is 2.60. The third-order valence-electron chi connectivity index (χ3n) is 4.67. The fourth-order valence-electron chi connectivity index (χ4n) is 3.51. The van der Waals surface area contributed by atoms with E-state index in [2.05, 4.69) is 70.5 Å². The molecule has 5 nitrogen and oxygen atoms in total. The van der Waals surface area contributed by atoms with Crippen LogP contribution in [0.25, 0.3) is 0 Å². The fourth-order valence-corrected chi connectivity index (χ4v) is 3.85. The number of nitrogens with one attached hydrogen (secondary N) is 2. The maximum Gasteiger partial charge on any atom is 0.232 e. The standard InChI is InChI=1S/C20H26ClN5S/c1-13-4-6-16(7-5-13)10-22-20(27)25-19-23-17(21)9-18(24-19)26-11-14(2)8-15(3)12-26/h4-7,9,14-15H,8,10-12H2,1-3H3,(H2,22,23,24,25,27)/t14-,15+. The van der Waals surface area contributed by atoms with Crippen molar-refractivity contribution in [2.24, 2.45) is 11.8 Å². The molecule has 1 aliphatic heterocycles. The molecule has 1 aliphatic rings. The molecule has 27 heavy (non-hydrogen) atoms. The molecule has 2 aromatic rings. The molecule has 1 aromatic carbocycles. The van der Waals surface area contributed by atoms with Gasteiger partial charge in [-0.2, -0.15) is 4.98 Å². The minimum atomic E-state index is 0.412. The number of halogens is 1. The van der Waals surface area contributed by atoms with E-state index in [9.17, 15) is 0 Å². The highest BCUT2D eigenvalue weighted by Gasteiger charge is 2.23. The number of rotatable bonds is 4. The van der Waals surface area contributed by atoms with Crippen LogP contribution in [-0.4, -0.2) is 28.2 Å². The molecule has 1 fully saturated rings. The maximum absolute atomic E-state index is 6.23. The Morgan fingerprint density at radius 3 is 2.52 bits per heavy atom. The molecule has 7 heteroatoms. The average molecular weight is 404 g/mol. The van der Waals surface area contributed by atoms with Gasteiger partial charge in [0.15, 0.2) is 5.11 Å². The monoisotopic (exact) mass is 403 g/mol. The minimum Gasteiger partial charge on any atom is -0.358 e. The van der Waals surface area contributed by atoms with Gasteiger partial charge >= 0.3 is 0 Å². The van der Waals surface area contributed by atoms with E-state index < -0.39 is 0 Å². The predicted octanol–water partition coefficient (Wildman–Crippen LogP) is 4.41. The van der Waals surface area contributed by atoms with Crippen LogP contribution in [0.3, 0.4) is 0 Å². The highest BCUT2D eigenvalue weighted by molar-refractivity contribution is 7.80. The van der Waals surface area contributed by atoms with E-state index in [0.717, 1.165) is 24.5 Å². The summed E-state index contributed by atoms with van der Waals surface area (Å²) in [6, 6.07) is 10.1. The summed E-state index contributed by atoms with van der Waals surface area (Å²) in [5, 5.41) is 7.12. The van der Waals surface area contributed by atoms with Gasteiger partial charge in [-0.3, -0.25) is 0 Å². The summed E-state index contributed by atoms with van der Waals surface area (Å²) in [7, 11) is 0. The van der Waals surface area contributed by atoms with Crippen LogP contribution in [0, 0.1) is 18.8 Å². The molecule has 1 aromatic heterocycles. The summed E-state index contributed by atoms with van der Waals surface area (Å²) in [6.45, 7) is 9.21. The van der Waals surface area contributed by atoms with Crippen molar-refractivity contribution in [1.82, 2.24) is 15.3 Å². The lowest BCUT2D eigenvalue weighted by Gasteiger charge is -2.35. The third-order valence-corrected chi connectivity index (χ3v) is 5.11. The predicted molar refractivity (Wildman–Crippen MR) is 116 cm³/mol. The number of aryl methyl sites for hydroxylation is 1. The molecular weight excluding hydrogens is 378 g/mol. The number of aromatic nitrogens is 2. The summed E-state index contributed by atoms with van der Waals surface area (Å²) < 4.78 is 0. The van der Waals surface area contributed by atoms with E-state index in [1.54, 1.807) is 0 Å². The molecule has 0 saturated carbocycles. The number of hydrogen-bond acceptors (Lipinski definition) is 4. The van der Waals surface area contributed by atoms with Gasteiger partial charge in [-0.05, 0) is 43.0 Å². The smallest absolute Gasteiger partial charge is 0.232 e. The summed E-state index contributed by atoms with van der Waals surface area (Å²) in [6.07, 6.45) is 1.24. The van der Waals surface area contributed by atoms with E-state index >= 15 is 0 Å². The van der Waals surface area contributed by atoms with E-state index in [4.69, 9.17) is 23.8 Å². The SMILES string of the molecule is Cc1ccc(CNC(=S)Nc2nc(Cl)cc(N3C[C@H](C)C[C@H](C)C3)n2)cc1. The van der Waals surface area contributed by atoms with Crippen LogP contribution < -0.4 is 15.5 Å². The van der Waals surface area contributed by atoms with Crippen molar-refractivity contribution in [3.05, 3.63) is 46.6 Å². The van der Waals surface area contributed by atoms with Gasteiger partial charge in [-0.15, -0.1) is 0 Å². The van der Waals surface area contributed by atoms with E-state index in [1.165, 1.54) is 12.0 Å². The highest BCUT2D eigenvalue weighted by Crippen LogP contribution is 2.27. The zero-order valence-electron chi connectivity index (χ0n) is 16.0. The lowest BCUT2D eigenvalue weighted by Crippen LogP contribution is -2.39. The number of nitrogens with zero attached hydrogens (tertiary/aromatic N) is 3. The summed E-state index contributed by atoms with van der Waals surface area (Å²) in [4.78, 5) is 11.2. The number of thiocarbonyl (C=S) groups is 1. The quantitative estimate of drug-likeness (QED) is 0.582. The van der Waals surface area contributed by atoms with Gasteiger partial charge in [-0.1, -0.05) is 55.3 Å². The fraction of sp³-hybridized carbons (Fsp3) is 0.450. The van der Waals surface area contributed by atoms with Crippen LogP contribution in [0.15, 0.2) is 30.3 Å². The molecule has 1 saturated heterocycles. The highest BCUT2D eigenvalue weighted by atomic mass is 35.5. The Hall–Kier alpha value is -1.92. The largest absolute Gasteiger partial charge is 0.358 e. The van der Waals surface area contributed by atoms with E-state index in [-0.39, 0.29) is 0 Å². The van der Waals surface area contributed by atoms with Crippen molar-refractivity contribution in [3.63, 3.8) is 0 Å². The zero-order valence-corrected chi connectivity index (χ0v) is 17.6. The molecule has 2 N–H and O–H groups in total. The Morgan fingerprint density at radius 2 is 1.85 bits per heavy atom. The van der Waals surface area contributed by atoms with Crippen molar-refractivity contribution in [3.8, 4) is 0 Å². The third kappa shape index (κ3) is 5.78.